The molecular formula is C19H23N7O2. The van der Waals surface area contributed by atoms with Gasteiger partial charge in [-0.15, -0.1) is 0 Å². The van der Waals surface area contributed by atoms with E-state index in [4.69, 9.17) is 5.73 Å². The van der Waals surface area contributed by atoms with E-state index < -0.39 is 5.56 Å². The van der Waals surface area contributed by atoms with Crippen molar-refractivity contribution in [2.45, 2.75) is 39.3 Å². The van der Waals surface area contributed by atoms with E-state index in [1.165, 1.54) is 0 Å². The summed E-state index contributed by atoms with van der Waals surface area (Å²) in [6, 6.07) is 7.37. The molecular weight excluding hydrogens is 358 g/mol. The Balaban J connectivity index is 1.66. The molecule has 2 aromatic heterocycles. The molecule has 0 aliphatic heterocycles. The molecule has 3 rings (SSSR count). The number of carbonyl (C=O) groups excluding carboxylic acids is 1. The standard InChI is InChI=1S/C19H23N7O2/c1-3-12(4-2)24-17(27)11-5-7-13(8-6-11)21-9-14-10-22-16-15(23-14)18(28)26-19(20)25-16/h5-8,10,12,21H,3-4,9H2,1-2H3,(H,24,27)(H3,20,22,25,26,28). The van der Waals surface area contributed by atoms with Crippen LogP contribution in [-0.4, -0.2) is 31.9 Å². The van der Waals surface area contributed by atoms with Gasteiger partial charge in [0, 0.05) is 17.3 Å². The fraction of sp³-hybridized carbons (Fsp3) is 0.316. The fourth-order valence-corrected chi connectivity index (χ4v) is 2.75. The molecule has 146 valence electrons. The number of hydrogen-bond acceptors (Lipinski definition) is 7. The third kappa shape index (κ3) is 4.43. The van der Waals surface area contributed by atoms with Crippen molar-refractivity contribution in [3.05, 3.63) is 52.1 Å². The maximum atomic E-state index is 12.2. The lowest BCUT2D eigenvalue weighted by Crippen LogP contribution is -2.33. The number of hydrogen-bond donors (Lipinski definition) is 4. The van der Waals surface area contributed by atoms with E-state index in [1.54, 1.807) is 18.3 Å². The van der Waals surface area contributed by atoms with Crippen molar-refractivity contribution in [2.75, 3.05) is 11.1 Å². The summed E-state index contributed by atoms with van der Waals surface area (Å²) in [7, 11) is 0. The number of anilines is 2. The van der Waals surface area contributed by atoms with Gasteiger partial charge in [-0.25, -0.2) is 9.97 Å². The molecule has 9 nitrogen and oxygen atoms in total. The molecule has 0 spiro atoms. The first-order valence-corrected chi connectivity index (χ1v) is 9.16. The number of aromatic amines is 1. The van der Waals surface area contributed by atoms with E-state index >= 15 is 0 Å². The summed E-state index contributed by atoms with van der Waals surface area (Å²) in [4.78, 5) is 38.9. The van der Waals surface area contributed by atoms with Gasteiger partial charge in [0.2, 0.25) is 5.95 Å². The van der Waals surface area contributed by atoms with Crippen LogP contribution in [0.1, 0.15) is 42.7 Å². The Bertz CT molecular complexity index is 1030. The first-order chi connectivity index (χ1) is 13.5. The van der Waals surface area contributed by atoms with Crippen LogP contribution in [0, 0.1) is 0 Å². The van der Waals surface area contributed by atoms with Crippen molar-refractivity contribution in [1.82, 2.24) is 25.3 Å². The molecule has 0 unspecified atom stereocenters. The summed E-state index contributed by atoms with van der Waals surface area (Å²) < 4.78 is 0. The minimum absolute atomic E-state index is 0.00555. The van der Waals surface area contributed by atoms with Gasteiger partial charge in [0.05, 0.1) is 18.4 Å². The van der Waals surface area contributed by atoms with Gasteiger partial charge in [0.25, 0.3) is 11.5 Å². The summed E-state index contributed by atoms with van der Waals surface area (Å²) in [6.45, 7) is 4.47. The van der Waals surface area contributed by atoms with Crippen molar-refractivity contribution in [2.24, 2.45) is 0 Å². The minimum atomic E-state index is -0.426. The third-order valence-electron chi connectivity index (χ3n) is 4.43. The number of nitrogen functional groups attached to an aromatic ring is 1. The molecule has 0 bridgehead atoms. The smallest absolute Gasteiger partial charge is 0.280 e. The second-order valence-corrected chi connectivity index (χ2v) is 6.40. The molecule has 3 aromatic rings. The van der Waals surface area contributed by atoms with Crippen LogP contribution in [0.4, 0.5) is 11.6 Å². The summed E-state index contributed by atoms with van der Waals surface area (Å²) in [5.41, 5.74) is 7.44. The van der Waals surface area contributed by atoms with Crippen molar-refractivity contribution in [3.63, 3.8) is 0 Å². The molecule has 0 fully saturated rings. The van der Waals surface area contributed by atoms with Crippen LogP contribution in [0.5, 0.6) is 0 Å². The van der Waals surface area contributed by atoms with Crippen LogP contribution in [0.2, 0.25) is 0 Å². The van der Waals surface area contributed by atoms with Crippen LogP contribution >= 0.6 is 0 Å². The zero-order valence-electron chi connectivity index (χ0n) is 15.8. The van der Waals surface area contributed by atoms with Gasteiger partial charge in [-0.3, -0.25) is 14.6 Å². The predicted molar refractivity (Wildman–Crippen MR) is 108 cm³/mol. The van der Waals surface area contributed by atoms with Crippen molar-refractivity contribution >= 4 is 28.7 Å². The molecule has 5 N–H and O–H groups in total. The predicted octanol–water partition coefficient (Wildman–Crippen LogP) is 1.83. The Kier molecular flexibility index (Phi) is 5.83. The zero-order valence-corrected chi connectivity index (χ0v) is 15.8. The monoisotopic (exact) mass is 381 g/mol. The Labute approximate surface area is 161 Å². The maximum absolute atomic E-state index is 12.2. The topological polar surface area (TPSA) is 139 Å². The van der Waals surface area contributed by atoms with Gasteiger partial charge in [0.15, 0.2) is 11.2 Å². The average molecular weight is 381 g/mol. The lowest BCUT2D eigenvalue weighted by Gasteiger charge is -2.15. The van der Waals surface area contributed by atoms with Gasteiger partial charge in [-0.1, -0.05) is 13.8 Å². The summed E-state index contributed by atoms with van der Waals surface area (Å²) in [6.07, 6.45) is 3.35. The second-order valence-electron chi connectivity index (χ2n) is 6.40. The summed E-state index contributed by atoms with van der Waals surface area (Å²) in [5.74, 6) is -0.0716. The first-order valence-electron chi connectivity index (χ1n) is 9.16. The molecule has 1 aromatic carbocycles. The van der Waals surface area contributed by atoms with E-state index in [2.05, 4.69) is 44.4 Å². The number of nitrogens with one attached hydrogen (secondary N) is 3. The molecule has 0 saturated carbocycles. The number of fused-ring (bicyclic) bond motifs is 1. The number of aromatic nitrogens is 4. The first kappa shape index (κ1) is 19.3. The fourth-order valence-electron chi connectivity index (χ4n) is 2.75. The number of H-pyrrole nitrogens is 1. The largest absolute Gasteiger partial charge is 0.379 e. The van der Waals surface area contributed by atoms with Gasteiger partial charge in [-0.05, 0) is 37.1 Å². The Morgan fingerprint density at radius 1 is 1.18 bits per heavy atom. The lowest BCUT2D eigenvalue weighted by molar-refractivity contribution is 0.0935. The quantitative estimate of drug-likeness (QED) is 0.489. The number of amides is 1. The number of nitrogens with two attached hydrogens (primary N) is 1. The maximum Gasteiger partial charge on any atom is 0.280 e. The van der Waals surface area contributed by atoms with E-state index in [9.17, 15) is 9.59 Å². The molecule has 0 saturated heterocycles. The van der Waals surface area contributed by atoms with Crippen LogP contribution in [0.3, 0.4) is 0 Å². The highest BCUT2D eigenvalue weighted by Gasteiger charge is 2.11. The Morgan fingerprint density at radius 2 is 1.89 bits per heavy atom. The SMILES string of the molecule is CCC(CC)NC(=O)c1ccc(NCc2cnc3nc(N)[nH]c(=O)c3n2)cc1. The van der Waals surface area contributed by atoms with E-state index in [0.29, 0.717) is 17.8 Å². The van der Waals surface area contributed by atoms with E-state index in [0.717, 1.165) is 18.5 Å². The van der Waals surface area contributed by atoms with E-state index in [1.807, 2.05) is 12.1 Å². The average Bonchev–Trinajstić information content (AvgIpc) is 2.70. The molecule has 9 heteroatoms. The van der Waals surface area contributed by atoms with Crippen molar-refractivity contribution in [1.29, 1.82) is 0 Å². The highest BCUT2D eigenvalue weighted by atomic mass is 16.1. The Hall–Kier alpha value is -3.49. The van der Waals surface area contributed by atoms with Crippen LogP contribution in [0.15, 0.2) is 35.3 Å². The van der Waals surface area contributed by atoms with Crippen LogP contribution in [0.25, 0.3) is 11.2 Å². The molecule has 0 atom stereocenters. The molecule has 1 amide bonds. The molecule has 0 radical (unpaired) electrons. The van der Waals surface area contributed by atoms with E-state index in [-0.39, 0.29) is 29.1 Å². The summed E-state index contributed by atoms with van der Waals surface area (Å²) >= 11 is 0. The highest BCUT2D eigenvalue weighted by Crippen LogP contribution is 2.12. The number of benzene rings is 1. The normalized spacial score (nSPS) is 11.0. The van der Waals surface area contributed by atoms with Crippen molar-refractivity contribution < 1.29 is 4.79 Å². The third-order valence-corrected chi connectivity index (χ3v) is 4.43. The second kappa shape index (κ2) is 8.47. The zero-order chi connectivity index (χ0) is 20.1. The number of carbonyl (C=O) groups is 1. The minimum Gasteiger partial charge on any atom is -0.379 e. The van der Waals surface area contributed by atoms with Gasteiger partial charge in [-0.2, -0.15) is 4.98 Å². The molecule has 28 heavy (non-hydrogen) atoms. The van der Waals surface area contributed by atoms with Gasteiger partial charge >= 0.3 is 0 Å². The molecule has 2 heterocycles. The summed E-state index contributed by atoms with van der Waals surface area (Å²) in [5, 5.41) is 6.21. The number of rotatable bonds is 7. The number of nitrogens with zero attached hydrogens (tertiary/aromatic N) is 3. The van der Waals surface area contributed by atoms with Crippen LogP contribution < -0.4 is 21.9 Å². The lowest BCUT2D eigenvalue weighted by atomic mass is 10.1. The Morgan fingerprint density at radius 3 is 2.57 bits per heavy atom. The van der Waals surface area contributed by atoms with Crippen molar-refractivity contribution in [3.8, 4) is 0 Å². The molecule has 0 aliphatic carbocycles. The van der Waals surface area contributed by atoms with Crippen LogP contribution in [-0.2, 0) is 6.54 Å². The van der Waals surface area contributed by atoms with Gasteiger partial charge < -0.3 is 16.4 Å². The van der Waals surface area contributed by atoms with Gasteiger partial charge in [0.1, 0.15) is 0 Å². The molecule has 0 aliphatic rings. The highest BCUT2D eigenvalue weighted by molar-refractivity contribution is 5.94.